The van der Waals surface area contributed by atoms with E-state index in [1.165, 1.54) is 11.3 Å². The molecule has 7 nitrogen and oxygen atoms in total. The van der Waals surface area contributed by atoms with Crippen molar-refractivity contribution in [1.29, 1.82) is 0 Å². The first-order valence-electron chi connectivity index (χ1n) is 9.56. The first-order valence-corrected chi connectivity index (χ1v) is 12.9. The first-order chi connectivity index (χ1) is 14.9. The predicted molar refractivity (Wildman–Crippen MR) is 131 cm³/mol. The number of phenols is 1. The SMILES string of the molecule is C=S(=O)(c1cccs1)N(C)CCCNc1cc(-c2ccccc2O)nc2c(Br)cnn12. The molecule has 0 bridgehead atoms. The summed E-state index contributed by atoms with van der Waals surface area (Å²) in [4.78, 5) is 4.64. The quantitative estimate of drug-likeness (QED) is 0.267. The third kappa shape index (κ3) is 4.47. The zero-order chi connectivity index (χ0) is 22.0. The molecule has 0 aliphatic rings. The Bertz CT molecular complexity index is 1300. The molecule has 4 rings (SSSR count). The molecule has 1 unspecified atom stereocenters. The maximum absolute atomic E-state index is 13.0. The number of para-hydroxylation sites is 1. The normalized spacial score (nSPS) is 13.5. The standard InChI is InChI=1S/C21H22BrN5O2S2/c1-26(31(2,29)20-9-5-12-30-20)11-6-10-23-19-13-17(15-7-3-4-8-18(15)28)25-21-16(22)14-24-27(19)21/h3-5,7-9,12-14,23,28H,2,6,10-11H2,1H3. The summed E-state index contributed by atoms with van der Waals surface area (Å²) < 4.78 is 18.0. The highest BCUT2D eigenvalue weighted by Crippen LogP contribution is 2.31. The number of benzene rings is 1. The van der Waals surface area contributed by atoms with Crippen LogP contribution in [0.4, 0.5) is 5.82 Å². The average molecular weight is 520 g/mol. The molecular formula is C21H22BrN5O2S2. The Morgan fingerprint density at radius 1 is 1.32 bits per heavy atom. The third-order valence-corrected chi connectivity index (χ3v) is 9.12. The minimum Gasteiger partial charge on any atom is -0.507 e. The number of fused-ring (bicyclic) bond motifs is 1. The Hall–Kier alpha value is -2.40. The maximum Gasteiger partial charge on any atom is 0.172 e. The Balaban J connectivity index is 1.50. The molecular weight excluding hydrogens is 498 g/mol. The molecule has 0 amide bonds. The van der Waals surface area contributed by atoms with Gasteiger partial charge in [-0.3, -0.25) is 0 Å². The Morgan fingerprint density at radius 2 is 2.13 bits per heavy atom. The lowest BCUT2D eigenvalue weighted by molar-refractivity contribution is 0.477. The van der Waals surface area contributed by atoms with Gasteiger partial charge in [-0.2, -0.15) is 9.61 Å². The minimum atomic E-state index is -2.46. The Kier molecular flexibility index (Phi) is 6.33. The second-order valence-corrected chi connectivity index (χ2v) is 11.4. The van der Waals surface area contributed by atoms with Gasteiger partial charge in [0.05, 0.1) is 30.3 Å². The van der Waals surface area contributed by atoms with E-state index in [1.807, 2.05) is 42.8 Å². The largest absolute Gasteiger partial charge is 0.507 e. The van der Waals surface area contributed by atoms with Crippen molar-refractivity contribution >= 4 is 54.3 Å². The van der Waals surface area contributed by atoms with Gasteiger partial charge in [-0.15, -0.1) is 11.3 Å². The molecule has 0 aliphatic heterocycles. The lowest BCUT2D eigenvalue weighted by Crippen LogP contribution is -2.28. The van der Waals surface area contributed by atoms with Gasteiger partial charge in [0, 0.05) is 24.7 Å². The van der Waals surface area contributed by atoms with Gasteiger partial charge in [-0.1, -0.05) is 18.2 Å². The lowest BCUT2D eigenvalue weighted by Gasteiger charge is -2.21. The summed E-state index contributed by atoms with van der Waals surface area (Å²) >= 11 is 4.95. The van der Waals surface area contributed by atoms with Crippen LogP contribution in [0.25, 0.3) is 16.9 Å². The van der Waals surface area contributed by atoms with E-state index < -0.39 is 9.71 Å². The third-order valence-electron chi connectivity index (χ3n) is 4.88. The van der Waals surface area contributed by atoms with Crippen LogP contribution in [-0.4, -0.2) is 54.2 Å². The summed E-state index contributed by atoms with van der Waals surface area (Å²) in [5.74, 6) is 4.86. The molecule has 0 radical (unpaired) electrons. The predicted octanol–water partition coefficient (Wildman–Crippen LogP) is 4.35. The second kappa shape index (κ2) is 8.99. The van der Waals surface area contributed by atoms with Crippen LogP contribution >= 0.6 is 27.3 Å². The van der Waals surface area contributed by atoms with E-state index >= 15 is 0 Å². The van der Waals surface area contributed by atoms with E-state index in [-0.39, 0.29) is 5.75 Å². The van der Waals surface area contributed by atoms with Crippen LogP contribution in [0.3, 0.4) is 0 Å². The zero-order valence-corrected chi connectivity index (χ0v) is 20.1. The Labute approximate surface area is 193 Å². The maximum atomic E-state index is 13.0. The van der Waals surface area contributed by atoms with E-state index in [4.69, 9.17) is 0 Å². The van der Waals surface area contributed by atoms with Crippen LogP contribution in [0.15, 0.2) is 62.7 Å². The molecule has 0 fully saturated rings. The molecule has 0 spiro atoms. The molecule has 31 heavy (non-hydrogen) atoms. The van der Waals surface area contributed by atoms with E-state index in [0.717, 1.165) is 20.9 Å². The van der Waals surface area contributed by atoms with Crippen LogP contribution in [0.1, 0.15) is 6.42 Å². The number of phenolic OH excluding ortho intramolecular Hbond substituents is 1. The van der Waals surface area contributed by atoms with Gasteiger partial charge in [0.2, 0.25) is 0 Å². The number of halogens is 1. The monoisotopic (exact) mass is 519 g/mol. The van der Waals surface area contributed by atoms with Gasteiger partial charge in [0.25, 0.3) is 0 Å². The Morgan fingerprint density at radius 3 is 2.87 bits per heavy atom. The topological polar surface area (TPSA) is 82.8 Å². The van der Waals surface area contributed by atoms with E-state index in [9.17, 15) is 9.32 Å². The van der Waals surface area contributed by atoms with Crippen molar-refractivity contribution in [2.45, 2.75) is 10.6 Å². The lowest BCUT2D eigenvalue weighted by atomic mass is 10.1. The summed E-state index contributed by atoms with van der Waals surface area (Å²) in [7, 11) is -0.623. The molecule has 1 aromatic carbocycles. The molecule has 2 N–H and O–H groups in total. The number of hydrogen-bond acceptors (Lipinski definition) is 6. The van der Waals surface area contributed by atoms with Crippen molar-refractivity contribution in [2.75, 3.05) is 25.5 Å². The van der Waals surface area contributed by atoms with Gasteiger partial charge in [0.1, 0.15) is 11.6 Å². The molecule has 0 saturated carbocycles. The van der Waals surface area contributed by atoms with Crippen LogP contribution in [-0.2, 0) is 9.71 Å². The van der Waals surface area contributed by atoms with Crippen molar-refractivity contribution < 1.29 is 9.32 Å². The average Bonchev–Trinajstić information content (AvgIpc) is 3.42. The summed E-state index contributed by atoms with van der Waals surface area (Å²) in [5, 5.41) is 19.9. The smallest absolute Gasteiger partial charge is 0.172 e. The van der Waals surface area contributed by atoms with Crippen molar-refractivity contribution in [3.63, 3.8) is 0 Å². The van der Waals surface area contributed by atoms with Crippen LogP contribution in [0.2, 0.25) is 0 Å². The van der Waals surface area contributed by atoms with E-state index in [2.05, 4.69) is 37.2 Å². The first kappa shape index (κ1) is 21.8. The second-order valence-electron chi connectivity index (χ2n) is 6.98. The number of anilines is 1. The highest BCUT2D eigenvalue weighted by Gasteiger charge is 2.16. The molecule has 4 aromatic rings. The van der Waals surface area contributed by atoms with Crippen molar-refractivity contribution in [3.8, 4) is 17.0 Å². The van der Waals surface area contributed by atoms with Crippen molar-refractivity contribution in [2.24, 2.45) is 0 Å². The number of rotatable bonds is 8. The molecule has 1 atom stereocenters. The van der Waals surface area contributed by atoms with Crippen LogP contribution in [0, 0.1) is 0 Å². The van der Waals surface area contributed by atoms with E-state index in [1.54, 1.807) is 27.2 Å². The number of aromatic hydroxyl groups is 1. The van der Waals surface area contributed by atoms with Gasteiger partial charge in [-0.05, 0) is 58.8 Å². The summed E-state index contributed by atoms with van der Waals surface area (Å²) in [6.07, 6.45) is 2.45. The van der Waals surface area contributed by atoms with Gasteiger partial charge in [-0.25, -0.2) is 13.5 Å². The van der Waals surface area contributed by atoms with Crippen molar-refractivity contribution in [3.05, 3.63) is 58.5 Å². The molecule has 3 heterocycles. The molecule has 0 saturated heterocycles. The van der Waals surface area contributed by atoms with Gasteiger partial charge in [0.15, 0.2) is 5.65 Å². The number of nitrogens with zero attached hydrogens (tertiary/aromatic N) is 4. The number of hydrogen-bond donors (Lipinski definition) is 2. The minimum absolute atomic E-state index is 0.168. The zero-order valence-electron chi connectivity index (χ0n) is 16.9. The molecule has 162 valence electrons. The highest BCUT2D eigenvalue weighted by molar-refractivity contribution is 9.10. The number of thiophene rings is 1. The summed E-state index contributed by atoms with van der Waals surface area (Å²) in [6, 6.07) is 12.7. The molecule has 3 aromatic heterocycles. The highest BCUT2D eigenvalue weighted by atomic mass is 79.9. The van der Waals surface area contributed by atoms with Crippen LogP contribution in [0.5, 0.6) is 5.75 Å². The van der Waals surface area contributed by atoms with Gasteiger partial charge < -0.3 is 10.4 Å². The number of nitrogens with one attached hydrogen (secondary N) is 1. The molecule has 0 aliphatic carbocycles. The van der Waals surface area contributed by atoms with Crippen LogP contribution < -0.4 is 5.32 Å². The summed E-state index contributed by atoms with van der Waals surface area (Å²) in [5.41, 5.74) is 1.94. The molecule has 10 heteroatoms. The van der Waals surface area contributed by atoms with Crippen molar-refractivity contribution in [1.82, 2.24) is 18.9 Å². The van der Waals surface area contributed by atoms with E-state index in [0.29, 0.717) is 30.0 Å². The fourth-order valence-electron chi connectivity index (χ4n) is 3.15. The van der Waals surface area contributed by atoms with Gasteiger partial charge >= 0.3 is 0 Å². The fourth-order valence-corrected chi connectivity index (χ4v) is 6.12. The number of aromatic nitrogens is 3. The fraction of sp³-hybridized carbons (Fsp3) is 0.190. The summed E-state index contributed by atoms with van der Waals surface area (Å²) in [6.45, 7) is 1.26.